The van der Waals surface area contributed by atoms with Crippen LogP contribution in [0.2, 0.25) is 0 Å². The fourth-order valence-corrected chi connectivity index (χ4v) is 4.59. The molecule has 1 spiro atoms. The lowest BCUT2D eigenvalue weighted by Crippen LogP contribution is -2.53. The molecule has 19 heavy (non-hydrogen) atoms. The maximum Gasteiger partial charge on any atom is 0.320 e. The maximum absolute atomic E-state index is 11.3. The summed E-state index contributed by atoms with van der Waals surface area (Å²) in [5.74, 6) is 2.04. The topological polar surface area (TPSA) is 58.6 Å². The zero-order valence-electron chi connectivity index (χ0n) is 11.3. The molecule has 2 heterocycles. The lowest BCUT2D eigenvalue weighted by Gasteiger charge is -2.44. The maximum atomic E-state index is 11.3. The Balaban J connectivity index is 1.59. The van der Waals surface area contributed by atoms with Crippen molar-refractivity contribution in [3.63, 3.8) is 0 Å². The fourth-order valence-electron chi connectivity index (χ4n) is 3.35. The van der Waals surface area contributed by atoms with Gasteiger partial charge in [0.05, 0.1) is 5.60 Å². The van der Waals surface area contributed by atoms with E-state index in [4.69, 9.17) is 4.74 Å². The van der Waals surface area contributed by atoms with E-state index in [0.29, 0.717) is 12.0 Å². The molecule has 2 saturated heterocycles. The molecule has 3 aliphatic rings. The number of hydrogen-bond donors (Lipinski definition) is 2. The van der Waals surface area contributed by atoms with Crippen molar-refractivity contribution in [3.8, 4) is 0 Å². The number of ether oxygens (including phenoxy) is 1. The lowest BCUT2D eigenvalue weighted by molar-refractivity contribution is -0.141. The van der Waals surface area contributed by atoms with Gasteiger partial charge in [0, 0.05) is 12.6 Å². The van der Waals surface area contributed by atoms with Crippen molar-refractivity contribution in [2.45, 2.75) is 56.2 Å². The Labute approximate surface area is 118 Å². The minimum atomic E-state index is -0.678. The van der Waals surface area contributed by atoms with Crippen LogP contribution in [0.5, 0.6) is 0 Å². The molecule has 108 valence electrons. The first-order valence-electron chi connectivity index (χ1n) is 7.39. The SMILES string of the molecule is O=C(O)C(NC1CCOC2(CCSCC2)C1)C1CC1. The Hall–Kier alpha value is -0.260. The Kier molecular flexibility index (Phi) is 4.06. The van der Waals surface area contributed by atoms with Gasteiger partial charge in [0.15, 0.2) is 0 Å². The van der Waals surface area contributed by atoms with E-state index in [1.54, 1.807) is 0 Å². The molecule has 2 atom stereocenters. The summed E-state index contributed by atoms with van der Waals surface area (Å²) in [6.45, 7) is 0.777. The Morgan fingerprint density at radius 3 is 2.68 bits per heavy atom. The zero-order valence-corrected chi connectivity index (χ0v) is 12.1. The molecular weight excluding hydrogens is 262 g/mol. The summed E-state index contributed by atoms with van der Waals surface area (Å²) < 4.78 is 6.05. The van der Waals surface area contributed by atoms with Crippen LogP contribution < -0.4 is 5.32 Å². The van der Waals surface area contributed by atoms with Crippen molar-refractivity contribution >= 4 is 17.7 Å². The van der Waals surface area contributed by atoms with E-state index in [1.807, 2.05) is 11.8 Å². The van der Waals surface area contributed by atoms with Gasteiger partial charge in [-0.15, -0.1) is 0 Å². The third-order valence-electron chi connectivity index (χ3n) is 4.67. The molecule has 0 aromatic carbocycles. The van der Waals surface area contributed by atoms with E-state index >= 15 is 0 Å². The van der Waals surface area contributed by atoms with Gasteiger partial charge in [-0.2, -0.15) is 11.8 Å². The van der Waals surface area contributed by atoms with Gasteiger partial charge in [-0.25, -0.2) is 0 Å². The predicted octanol–water partition coefficient (Wildman–Crippen LogP) is 1.88. The summed E-state index contributed by atoms with van der Waals surface area (Å²) in [7, 11) is 0. The number of carbonyl (C=O) groups is 1. The molecule has 0 aromatic rings. The molecule has 1 saturated carbocycles. The Morgan fingerprint density at radius 2 is 2.05 bits per heavy atom. The quantitative estimate of drug-likeness (QED) is 0.826. The van der Waals surface area contributed by atoms with Crippen molar-refractivity contribution in [1.82, 2.24) is 5.32 Å². The fraction of sp³-hybridized carbons (Fsp3) is 0.929. The van der Waals surface area contributed by atoms with Gasteiger partial charge in [0.25, 0.3) is 0 Å². The number of thioether (sulfide) groups is 1. The van der Waals surface area contributed by atoms with E-state index < -0.39 is 5.97 Å². The zero-order chi connectivity index (χ0) is 13.3. The molecule has 2 N–H and O–H groups in total. The van der Waals surface area contributed by atoms with Crippen LogP contribution in [0.4, 0.5) is 0 Å². The van der Waals surface area contributed by atoms with Gasteiger partial charge in [0.2, 0.25) is 0 Å². The van der Waals surface area contributed by atoms with Crippen LogP contribution in [0, 0.1) is 5.92 Å². The third kappa shape index (κ3) is 3.26. The second kappa shape index (κ2) is 5.62. The molecule has 5 heteroatoms. The van der Waals surface area contributed by atoms with E-state index in [-0.39, 0.29) is 11.6 Å². The summed E-state index contributed by atoms with van der Waals surface area (Å²) >= 11 is 2.00. The average molecular weight is 285 g/mol. The minimum absolute atomic E-state index is 0.0355. The molecule has 4 nitrogen and oxygen atoms in total. The predicted molar refractivity (Wildman–Crippen MR) is 75.5 cm³/mol. The molecule has 0 aromatic heterocycles. The monoisotopic (exact) mass is 285 g/mol. The molecule has 3 fully saturated rings. The first-order valence-corrected chi connectivity index (χ1v) is 8.55. The van der Waals surface area contributed by atoms with Crippen molar-refractivity contribution in [3.05, 3.63) is 0 Å². The van der Waals surface area contributed by atoms with Crippen LogP contribution >= 0.6 is 11.8 Å². The molecule has 0 bridgehead atoms. The first kappa shape index (κ1) is 13.7. The average Bonchev–Trinajstić information content (AvgIpc) is 3.21. The largest absolute Gasteiger partial charge is 0.480 e. The van der Waals surface area contributed by atoms with Crippen LogP contribution in [0.1, 0.15) is 38.5 Å². The van der Waals surface area contributed by atoms with Crippen LogP contribution in [0.3, 0.4) is 0 Å². The van der Waals surface area contributed by atoms with Gasteiger partial charge in [-0.1, -0.05) is 0 Å². The minimum Gasteiger partial charge on any atom is -0.480 e. The molecule has 0 radical (unpaired) electrons. The van der Waals surface area contributed by atoms with Crippen LogP contribution in [0.15, 0.2) is 0 Å². The van der Waals surface area contributed by atoms with Crippen molar-refractivity contribution < 1.29 is 14.6 Å². The van der Waals surface area contributed by atoms with E-state index in [2.05, 4.69) is 5.32 Å². The Bertz CT molecular complexity index is 334. The molecule has 2 aliphatic heterocycles. The summed E-state index contributed by atoms with van der Waals surface area (Å²) in [6.07, 6.45) is 6.31. The highest BCUT2D eigenvalue weighted by molar-refractivity contribution is 7.99. The molecule has 3 rings (SSSR count). The third-order valence-corrected chi connectivity index (χ3v) is 5.66. The number of carboxylic acids is 1. The van der Waals surface area contributed by atoms with Gasteiger partial charge >= 0.3 is 5.97 Å². The standard InChI is InChI=1S/C14H23NO3S/c16-13(17)12(10-1-2-10)15-11-3-6-18-14(9-11)4-7-19-8-5-14/h10-12,15H,1-9H2,(H,16,17). The van der Waals surface area contributed by atoms with Crippen molar-refractivity contribution in [1.29, 1.82) is 0 Å². The van der Waals surface area contributed by atoms with E-state index in [9.17, 15) is 9.90 Å². The van der Waals surface area contributed by atoms with Gasteiger partial charge in [0.1, 0.15) is 6.04 Å². The van der Waals surface area contributed by atoms with E-state index in [1.165, 1.54) is 11.5 Å². The summed E-state index contributed by atoms with van der Waals surface area (Å²) in [4.78, 5) is 11.3. The van der Waals surface area contributed by atoms with Gasteiger partial charge in [-0.3, -0.25) is 4.79 Å². The summed E-state index contributed by atoms with van der Waals surface area (Å²) in [5.41, 5.74) is 0.0355. The van der Waals surface area contributed by atoms with Crippen LogP contribution in [0.25, 0.3) is 0 Å². The highest BCUT2D eigenvalue weighted by atomic mass is 32.2. The molecule has 1 aliphatic carbocycles. The Morgan fingerprint density at radius 1 is 1.32 bits per heavy atom. The number of nitrogens with one attached hydrogen (secondary N) is 1. The highest BCUT2D eigenvalue weighted by Crippen LogP contribution is 2.39. The molecule has 0 amide bonds. The lowest BCUT2D eigenvalue weighted by atomic mass is 9.85. The van der Waals surface area contributed by atoms with Crippen molar-refractivity contribution in [2.75, 3.05) is 18.1 Å². The number of aliphatic carboxylic acids is 1. The number of rotatable bonds is 4. The summed E-state index contributed by atoms with van der Waals surface area (Å²) in [6, 6.07) is -0.0170. The molecule has 2 unspecified atom stereocenters. The van der Waals surface area contributed by atoms with Crippen LogP contribution in [-0.2, 0) is 9.53 Å². The van der Waals surface area contributed by atoms with Gasteiger partial charge in [-0.05, 0) is 55.9 Å². The number of carboxylic acid groups (broad SMARTS) is 1. The van der Waals surface area contributed by atoms with Gasteiger partial charge < -0.3 is 15.2 Å². The summed E-state index contributed by atoms with van der Waals surface area (Å²) in [5, 5.41) is 12.7. The highest BCUT2D eigenvalue weighted by Gasteiger charge is 2.42. The van der Waals surface area contributed by atoms with E-state index in [0.717, 1.165) is 45.1 Å². The van der Waals surface area contributed by atoms with Crippen molar-refractivity contribution in [2.24, 2.45) is 5.92 Å². The first-order chi connectivity index (χ1) is 9.19. The smallest absolute Gasteiger partial charge is 0.320 e. The molecular formula is C14H23NO3S. The normalized spacial score (nSPS) is 32.1. The second-order valence-electron chi connectivity index (χ2n) is 6.15. The second-order valence-corrected chi connectivity index (χ2v) is 7.38. The number of hydrogen-bond acceptors (Lipinski definition) is 4. The van der Waals surface area contributed by atoms with Crippen LogP contribution in [-0.4, -0.2) is 46.9 Å².